The van der Waals surface area contributed by atoms with Crippen LogP contribution >= 0.6 is 0 Å². The average Bonchev–Trinajstić information content (AvgIpc) is 2.23. The summed E-state index contributed by atoms with van der Waals surface area (Å²) in [5, 5.41) is 0.234. The van der Waals surface area contributed by atoms with E-state index < -0.39 is 16.6 Å². The van der Waals surface area contributed by atoms with Crippen molar-refractivity contribution in [2.75, 3.05) is 0 Å². The minimum Gasteiger partial charge on any atom is -0.531 e. The first-order chi connectivity index (χ1) is 8.91. The molecule has 20 heavy (non-hydrogen) atoms. The van der Waals surface area contributed by atoms with Crippen molar-refractivity contribution in [2.24, 2.45) is 0 Å². The van der Waals surface area contributed by atoms with Gasteiger partial charge in [-0.25, -0.2) is 4.98 Å². The van der Waals surface area contributed by atoms with Crippen LogP contribution in [-0.2, 0) is 11.0 Å². The molecule has 0 bridgehead atoms. The summed E-state index contributed by atoms with van der Waals surface area (Å²) in [7, 11) is -3.31. The fourth-order valence-corrected chi connectivity index (χ4v) is 3.09. The topological polar surface area (TPSA) is 31.4 Å². The quantitative estimate of drug-likeness (QED) is 0.731. The molecule has 1 aromatic rings. The van der Waals surface area contributed by atoms with Crippen LogP contribution in [0, 0.1) is 0 Å². The van der Waals surface area contributed by atoms with Crippen LogP contribution in [0.25, 0.3) is 0 Å². The van der Waals surface area contributed by atoms with Crippen molar-refractivity contribution in [3.63, 3.8) is 0 Å². The van der Waals surface area contributed by atoms with E-state index in [1.807, 2.05) is 12.1 Å². The van der Waals surface area contributed by atoms with Gasteiger partial charge in [-0.15, -0.1) is 0 Å². The van der Waals surface area contributed by atoms with Crippen molar-refractivity contribution in [1.82, 2.24) is 4.98 Å². The number of nitrogens with zero attached hydrogens (tertiary/aromatic N) is 1. The van der Waals surface area contributed by atoms with Crippen LogP contribution in [0.2, 0.25) is 37.8 Å². The van der Waals surface area contributed by atoms with Gasteiger partial charge in [-0.2, -0.15) is 0 Å². The Morgan fingerprint density at radius 2 is 1.70 bits per heavy atom. The Bertz CT molecular complexity index is 448. The number of hydrogen-bond donors (Lipinski definition) is 0. The smallest absolute Gasteiger partial charge is 0.244 e. The van der Waals surface area contributed by atoms with Crippen LogP contribution in [0.3, 0.4) is 0 Å². The minimum absolute atomic E-state index is 0.234. The van der Waals surface area contributed by atoms with Crippen LogP contribution < -0.4 is 4.43 Å². The van der Waals surface area contributed by atoms with Crippen molar-refractivity contribution < 1.29 is 8.85 Å². The summed E-state index contributed by atoms with van der Waals surface area (Å²) in [4.78, 5) is 4.29. The van der Waals surface area contributed by atoms with E-state index in [1.165, 1.54) is 0 Å². The lowest BCUT2D eigenvalue weighted by Gasteiger charge is -2.36. The molecule has 0 amide bonds. The summed E-state index contributed by atoms with van der Waals surface area (Å²) in [6.07, 6.45) is 1.81. The molecule has 0 saturated carbocycles. The van der Waals surface area contributed by atoms with Crippen LogP contribution in [0.1, 0.15) is 26.3 Å². The zero-order valence-electron chi connectivity index (χ0n) is 14.2. The largest absolute Gasteiger partial charge is 0.531 e. The number of aromatic nitrogens is 1. The second kappa shape index (κ2) is 5.99. The molecule has 0 aliphatic rings. The molecule has 1 rings (SSSR count). The third-order valence-electron chi connectivity index (χ3n) is 3.62. The number of pyridine rings is 1. The monoisotopic (exact) mass is 311 g/mol. The maximum atomic E-state index is 6.23. The SMILES string of the molecule is CC(C)(C)[Si](C)(C)OCc1ccnc(O[Si](C)(C)C)c1. The van der Waals surface area contributed by atoms with Gasteiger partial charge in [-0.3, -0.25) is 0 Å². The molecule has 0 aliphatic heterocycles. The van der Waals surface area contributed by atoms with E-state index in [4.69, 9.17) is 8.85 Å². The molecule has 0 spiro atoms. The summed E-state index contributed by atoms with van der Waals surface area (Å²) < 4.78 is 12.2. The molecule has 1 aromatic heterocycles. The highest BCUT2D eigenvalue weighted by Gasteiger charge is 2.37. The lowest BCUT2D eigenvalue weighted by molar-refractivity contribution is 0.276. The molecule has 0 aromatic carbocycles. The van der Waals surface area contributed by atoms with Crippen LogP contribution in [0.5, 0.6) is 5.88 Å². The van der Waals surface area contributed by atoms with E-state index in [9.17, 15) is 0 Å². The van der Waals surface area contributed by atoms with E-state index in [0.717, 1.165) is 11.4 Å². The fourth-order valence-electron chi connectivity index (χ4n) is 1.39. The Morgan fingerprint density at radius 3 is 2.20 bits per heavy atom. The lowest BCUT2D eigenvalue weighted by Crippen LogP contribution is -2.40. The second-order valence-electron chi connectivity index (χ2n) is 7.77. The Morgan fingerprint density at radius 1 is 1.10 bits per heavy atom. The summed E-state index contributed by atoms with van der Waals surface area (Å²) >= 11 is 0. The molecule has 1 heterocycles. The Hall–Kier alpha value is -0.656. The van der Waals surface area contributed by atoms with Crippen molar-refractivity contribution in [2.45, 2.75) is 65.2 Å². The van der Waals surface area contributed by atoms with Crippen LogP contribution in [0.15, 0.2) is 18.3 Å². The maximum Gasteiger partial charge on any atom is 0.244 e. The molecular formula is C15H29NO2Si2. The maximum absolute atomic E-state index is 6.23. The Labute approximate surface area is 126 Å². The molecule has 0 unspecified atom stereocenters. The first kappa shape index (κ1) is 17.4. The van der Waals surface area contributed by atoms with Crippen molar-refractivity contribution in [1.29, 1.82) is 0 Å². The highest BCUT2D eigenvalue weighted by Crippen LogP contribution is 2.37. The number of hydrogen-bond acceptors (Lipinski definition) is 3. The fraction of sp³-hybridized carbons (Fsp3) is 0.667. The number of rotatable bonds is 5. The molecule has 0 aliphatic carbocycles. The van der Waals surface area contributed by atoms with Gasteiger partial charge in [0.15, 0.2) is 14.2 Å². The Kier molecular flexibility index (Phi) is 5.21. The van der Waals surface area contributed by atoms with E-state index in [1.54, 1.807) is 6.20 Å². The first-order valence-corrected chi connectivity index (χ1v) is 13.5. The van der Waals surface area contributed by atoms with Gasteiger partial charge in [0, 0.05) is 12.3 Å². The highest BCUT2D eigenvalue weighted by molar-refractivity contribution is 6.74. The molecule has 0 radical (unpaired) electrons. The first-order valence-electron chi connectivity index (χ1n) is 7.19. The third kappa shape index (κ3) is 5.38. The second-order valence-corrected chi connectivity index (χ2v) is 17.0. The van der Waals surface area contributed by atoms with E-state index in [2.05, 4.69) is 58.5 Å². The zero-order valence-corrected chi connectivity index (χ0v) is 16.2. The van der Waals surface area contributed by atoms with Crippen molar-refractivity contribution >= 4 is 16.6 Å². The summed E-state index contributed by atoms with van der Waals surface area (Å²) in [5.41, 5.74) is 1.14. The van der Waals surface area contributed by atoms with E-state index in [-0.39, 0.29) is 5.04 Å². The van der Waals surface area contributed by atoms with Crippen LogP contribution in [-0.4, -0.2) is 21.6 Å². The van der Waals surface area contributed by atoms with Gasteiger partial charge in [0.2, 0.25) is 8.32 Å². The molecule has 0 atom stereocenters. The summed E-state index contributed by atoms with van der Waals surface area (Å²) in [5.74, 6) is 0.723. The van der Waals surface area contributed by atoms with Gasteiger partial charge in [0.05, 0.1) is 6.61 Å². The molecule has 114 valence electrons. The van der Waals surface area contributed by atoms with Gasteiger partial charge in [0.1, 0.15) is 0 Å². The van der Waals surface area contributed by atoms with Gasteiger partial charge >= 0.3 is 0 Å². The van der Waals surface area contributed by atoms with Crippen LogP contribution in [0.4, 0.5) is 0 Å². The van der Waals surface area contributed by atoms with Gasteiger partial charge in [0.25, 0.3) is 0 Å². The third-order valence-corrected chi connectivity index (χ3v) is 8.92. The van der Waals surface area contributed by atoms with Gasteiger partial charge in [-0.1, -0.05) is 20.8 Å². The van der Waals surface area contributed by atoms with Crippen molar-refractivity contribution in [3.05, 3.63) is 23.9 Å². The standard InChI is InChI=1S/C15H29NO2Si2/c1-15(2,3)20(7,8)17-12-13-9-10-16-14(11-13)18-19(4,5)6/h9-11H,12H2,1-8H3. The molecule has 0 fully saturated rings. The minimum atomic E-state index is -1.70. The molecular weight excluding hydrogens is 282 g/mol. The predicted octanol–water partition coefficient (Wildman–Crippen LogP) is 4.82. The molecule has 0 saturated heterocycles. The molecule has 3 nitrogen and oxygen atoms in total. The predicted molar refractivity (Wildman–Crippen MR) is 90.2 cm³/mol. The lowest BCUT2D eigenvalue weighted by atomic mass is 10.2. The normalized spacial score (nSPS) is 13.4. The van der Waals surface area contributed by atoms with Gasteiger partial charge in [-0.05, 0) is 49.4 Å². The average molecular weight is 312 g/mol. The summed E-state index contributed by atoms with van der Waals surface area (Å²) in [6.45, 7) is 18.4. The molecule has 0 N–H and O–H groups in total. The van der Waals surface area contributed by atoms with Crippen molar-refractivity contribution in [3.8, 4) is 5.88 Å². The summed E-state index contributed by atoms with van der Waals surface area (Å²) in [6, 6.07) is 4.01. The highest BCUT2D eigenvalue weighted by atomic mass is 28.4. The zero-order chi connectivity index (χ0) is 15.6. The van der Waals surface area contributed by atoms with E-state index >= 15 is 0 Å². The molecule has 5 heteroatoms. The van der Waals surface area contributed by atoms with Gasteiger partial charge < -0.3 is 8.85 Å². The van der Waals surface area contributed by atoms with E-state index in [0.29, 0.717) is 6.61 Å². The Balaban J connectivity index is 2.73.